The van der Waals surface area contributed by atoms with Gasteiger partial charge >= 0.3 is 0 Å². The minimum absolute atomic E-state index is 0.143. The van der Waals surface area contributed by atoms with Crippen molar-refractivity contribution in [2.24, 2.45) is 0 Å². The number of hydrogen-bond acceptors (Lipinski definition) is 5. The predicted octanol–water partition coefficient (Wildman–Crippen LogP) is 4.88. The summed E-state index contributed by atoms with van der Waals surface area (Å²) in [6.45, 7) is 4.59. The first-order valence-electron chi connectivity index (χ1n) is 12.3. The van der Waals surface area contributed by atoms with Gasteiger partial charge in [0.25, 0.3) is 5.91 Å². The molecule has 0 fully saturated rings. The zero-order valence-corrected chi connectivity index (χ0v) is 21.5. The molecule has 3 aromatic carbocycles. The average Bonchev–Trinajstić information content (AvgIpc) is 2.92. The van der Waals surface area contributed by atoms with E-state index in [-0.39, 0.29) is 11.8 Å². The zero-order valence-electron chi connectivity index (χ0n) is 21.5. The van der Waals surface area contributed by atoms with Gasteiger partial charge in [-0.3, -0.25) is 14.5 Å². The van der Waals surface area contributed by atoms with E-state index in [4.69, 9.17) is 9.47 Å². The average molecular weight is 500 g/mol. The van der Waals surface area contributed by atoms with Gasteiger partial charge in [-0.2, -0.15) is 0 Å². The molecule has 2 amide bonds. The highest BCUT2D eigenvalue weighted by Crippen LogP contribution is 2.29. The third kappa shape index (κ3) is 6.98. The van der Waals surface area contributed by atoms with Gasteiger partial charge in [0.05, 0.1) is 14.2 Å². The SMILES string of the molecule is COc1ccc(CN2CC=C(c3cccc(CNC(=O)c4ccc(NC(C)=O)cc4)c3)CC2)cc1OC. The number of benzene rings is 3. The van der Waals surface area contributed by atoms with Crippen molar-refractivity contribution in [2.45, 2.75) is 26.4 Å². The number of nitrogens with one attached hydrogen (secondary N) is 2. The van der Waals surface area contributed by atoms with Crippen LogP contribution in [0.4, 0.5) is 5.69 Å². The largest absolute Gasteiger partial charge is 0.493 e. The number of anilines is 1. The van der Waals surface area contributed by atoms with E-state index in [0.29, 0.717) is 17.8 Å². The topological polar surface area (TPSA) is 79.9 Å². The Balaban J connectivity index is 1.32. The van der Waals surface area contributed by atoms with Crippen LogP contribution in [0.15, 0.2) is 72.8 Å². The lowest BCUT2D eigenvalue weighted by Crippen LogP contribution is -2.28. The van der Waals surface area contributed by atoms with Crippen LogP contribution in [0.3, 0.4) is 0 Å². The Morgan fingerprint density at radius 3 is 2.38 bits per heavy atom. The lowest BCUT2D eigenvalue weighted by Gasteiger charge is -2.27. The minimum Gasteiger partial charge on any atom is -0.493 e. The minimum atomic E-state index is -0.150. The highest BCUT2D eigenvalue weighted by Gasteiger charge is 2.15. The first-order chi connectivity index (χ1) is 17.9. The van der Waals surface area contributed by atoms with E-state index in [2.05, 4.69) is 39.8 Å². The Kier molecular flexibility index (Phi) is 8.59. The van der Waals surface area contributed by atoms with Gasteiger partial charge in [-0.25, -0.2) is 0 Å². The van der Waals surface area contributed by atoms with E-state index in [1.807, 2.05) is 24.3 Å². The van der Waals surface area contributed by atoms with E-state index >= 15 is 0 Å². The maximum Gasteiger partial charge on any atom is 0.251 e. The second-order valence-corrected chi connectivity index (χ2v) is 9.05. The van der Waals surface area contributed by atoms with Crippen LogP contribution >= 0.6 is 0 Å². The quantitative estimate of drug-likeness (QED) is 0.439. The molecule has 0 aliphatic carbocycles. The van der Waals surface area contributed by atoms with E-state index < -0.39 is 0 Å². The number of carbonyl (C=O) groups excluding carboxylic acids is 2. The summed E-state index contributed by atoms with van der Waals surface area (Å²) in [4.78, 5) is 26.1. The second-order valence-electron chi connectivity index (χ2n) is 9.05. The van der Waals surface area contributed by atoms with Gasteiger partial charge in [-0.15, -0.1) is 0 Å². The van der Waals surface area contributed by atoms with Crippen LogP contribution < -0.4 is 20.1 Å². The molecule has 7 nitrogen and oxygen atoms in total. The normalized spacial score (nSPS) is 13.4. The third-order valence-corrected chi connectivity index (χ3v) is 6.37. The van der Waals surface area contributed by atoms with Crippen LogP contribution in [-0.4, -0.2) is 44.0 Å². The summed E-state index contributed by atoms with van der Waals surface area (Å²) in [6.07, 6.45) is 3.25. The molecular formula is C30H33N3O4. The molecule has 0 saturated heterocycles. The standard InChI is InChI=1S/C30H33N3O4/c1-21(34)32-27-10-8-25(9-11-27)30(35)31-19-22-5-4-6-26(17-22)24-13-15-33(16-14-24)20-23-7-12-28(36-2)29(18-23)37-3/h4-13,17-18H,14-16,19-20H2,1-3H3,(H,31,35)(H,32,34). The molecule has 0 saturated carbocycles. The van der Waals surface area contributed by atoms with Gasteiger partial charge in [-0.1, -0.05) is 30.3 Å². The first kappa shape index (κ1) is 26.0. The van der Waals surface area contributed by atoms with Crippen molar-refractivity contribution in [3.63, 3.8) is 0 Å². The molecule has 1 aliphatic rings. The van der Waals surface area contributed by atoms with Crippen LogP contribution in [0.25, 0.3) is 5.57 Å². The van der Waals surface area contributed by atoms with E-state index in [1.54, 1.807) is 38.5 Å². The molecule has 1 heterocycles. The van der Waals surface area contributed by atoms with Crippen LogP contribution in [0.5, 0.6) is 11.5 Å². The predicted molar refractivity (Wildman–Crippen MR) is 146 cm³/mol. The monoisotopic (exact) mass is 499 g/mol. The molecule has 0 spiro atoms. The summed E-state index contributed by atoms with van der Waals surface area (Å²) in [7, 11) is 3.30. The number of carbonyl (C=O) groups is 2. The van der Waals surface area contributed by atoms with Gasteiger partial charge in [0, 0.05) is 44.4 Å². The summed E-state index contributed by atoms with van der Waals surface area (Å²) >= 11 is 0. The van der Waals surface area contributed by atoms with Crippen LogP contribution in [0.1, 0.15) is 40.4 Å². The van der Waals surface area contributed by atoms with Crippen molar-refractivity contribution >= 4 is 23.1 Å². The first-order valence-corrected chi connectivity index (χ1v) is 12.3. The van der Waals surface area contributed by atoms with Crippen LogP contribution in [0.2, 0.25) is 0 Å². The van der Waals surface area contributed by atoms with Crippen molar-refractivity contribution in [3.05, 3.63) is 95.1 Å². The van der Waals surface area contributed by atoms with E-state index in [0.717, 1.165) is 43.1 Å². The number of amides is 2. The lowest BCUT2D eigenvalue weighted by atomic mass is 9.97. The van der Waals surface area contributed by atoms with E-state index in [1.165, 1.54) is 23.6 Å². The maximum atomic E-state index is 12.6. The lowest BCUT2D eigenvalue weighted by molar-refractivity contribution is -0.114. The Bertz CT molecular complexity index is 1280. The fourth-order valence-electron chi connectivity index (χ4n) is 4.43. The molecule has 7 heteroatoms. The number of rotatable bonds is 9. The number of hydrogen-bond donors (Lipinski definition) is 2. The molecule has 0 aromatic heterocycles. The molecule has 0 bridgehead atoms. The Morgan fingerprint density at radius 1 is 0.919 bits per heavy atom. The van der Waals surface area contributed by atoms with Crippen molar-refractivity contribution in [3.8, 4) is 11.5 Å². The van der Waals surface area contributed by atoms with Gasteiger partial charge in [0.1, 0.15) is 0 Å². The van der Waals surface area contributed by atoms with Crippen LogP contribution in [0, 0.1) is 0 Å². The molecule has 0 radical (unpaired) electrons. The van der Waals surface area contributed by atoms with Gasteiger partial charge in [0.2, 0.25) is 5.91 Å². The number of nitrogens with zero attached hydrogens (tertiary/aromatic N) is 1. The molecule has 2 N–H and O–H groups in total. The van der Waals surface area contributed by atoms with Crippen molar-refractivity contribution in [2.75, 3.05) is 32.6 Å². The fourth-order valence-corrected chi connectivity index (χ4v) is 4.43. The Labute approximate surface area is 218 Å². The van der Waals surface area contributed by atoms with Crippen LogP contribution in [-0.2, 0) is 17.9 Å². The molecule has 3 aromatic rings. The summed E-state index contributed by atoms with van der Waals surface area (Å²) in [5.41, 5.74) is 5.98. The third-order valence-electron chi connectivity index (χ3n) is 6.37. The Morgan fingerprint density at radius 2 is 1.70 bits per heavy atom. The molecular weight excluding hydrogens is 466 g/mol. The molecule has 1 aliphatic heterocycles. The van der Waals surface area contributed by atoms with E-state index in [9.17, 15) is 9.59 Å². The van der Waals surface area contributed by atoms with Gasteiger partial charge in [0.15, 0.2) is 11.5 Å². The summed E-state index contributed by atoms with van der Waals surface area (Å²) in [6, 6.07) is 21.3. The molecule has 0 unspecified atom stereocenters. The highest BCUT2D eigenvalue weighted by atomic mass is 16.5. The van der Waals surface area contributed by atoms with Gasteiger partial charge in [-0.05, 0) is 71.1 Å². The van der Waals surface area contributed by atoms with Crippen molar-refractivity contribution in [1.29, 1.82) is 0 Å². The molecule has 4 rings (SSSR count). The zero-order chi connectivity index (χ0) is 26.2. The molecule has 192 valence electrons. The molecule has 0 atom stereocenters. The second kappa shape index (κ2) is 12.2. The van der Waals surface area contributed by atoms with Gasteiger partial charge < -0.3 is 20.1 Å². The maximum absolute atomic E-state index is 12.6. The van der Waals surface area contributed by atoms with Crippen molar-refractivity contribution in [1.82, 2.24) is 10.2 Å². The summed E-state index contributed by atoms with van der Waals surface area (Å²) in [5, 5.41) is 5.69. The fraction of sp³-hybridized carbons (Fsp3) is 0.267. The summed E-state index contributed by atoms with van der Waals surface area (Å²) < 4.78 is 10.8. The highest BCUT2D eigenvalue weighted by molar-refractivity contribution is 5.95. The molecule has 37 heavy (non-hydrogen) atoms. The number of methoxy groups -OCH3 is 2. The smallest absolute Gasteiger partial charge is 0.251 e. The summed E-state index contributed by atoms with van der Waals surface area (Å²) in [5.74, 6) is 1.19. The van der Waals surface area contributed by atoms with Crippen molar-refractivity contribution < 1.29 is 19.1 Å². The Hall–Kier alpha value is -4.10. The number of ether oxygens (including phenoxy) is 2.